The van der Waals surface area contributed by atoms with Gasteiger partial charge >= 0.3 is 6.18 Å². The van der Waals surface area contributed by atoms with Gasteiger partial charge in [0, 0.05) is 24.5 Å². The fraction of sp³-hybridized carbons (Fsp3) is 0.786. The molecule has 2 heterocycles. The summed E-state index contributed by atoms with van der Waals surface area (Å²) < 4.78 is 38.0. The molecule has 1 aromatic heterocycles. The van der Waals surface area contributed by atoms with Crippen LogP contribution in [-0.4, -0.2) is 30.8 Å². The molecule has 0 saturated carbocycles. The van der Waals surface area contributed by atoms with Gasteiger partial charge in [-0.2, -0.15) is 13.2 Å². The van der Waals surface area contributed by atoms with Gasteiger partial charge < -0.3 is 10.2 Å². The molecule has 7 heteroatoms. The Labute approximate surface area is 127 Å². The van der Waals surface area contributed by atoms with E-state index < -0.39 is 12.1 Å². The van der Waals surface area contributed by atoms with Gasteiger partial charge in [-0.05, 0) is 32.7 Å². The first-order chi connectivity index (χ1) is 9.91. The Hall–Kier alpha value is -0.820. The standard InChI is InChI=1S/C14H22F3N3S/c1-3-6-18-9-12-10(2)19-13(21-12)20-7-4-11(5-8-20)14(15,16)17/h11,18H,3-9H2,1-2H3. The highest BCUT2D eigenvalue weighted by Crippen LogP contribution is 2.36. The molecular formula is C14H22F3N3S. The quantitative estimate of drug-likeness (QED) is 0.838. The zero-order valence-electron chi connectivity index (χ0n) is 12.5. The van der Waals surface area contributed by atoms with Gasteiger partial charge in [-0.1, -0.05) is 6.92 Å². The summed E-state index contributed by atoms with van der Waals surface area (Å²) in [6.07, 6.45) is -2.63. The number of nitrogens with one attached hydrogen (secondary N) is 1. The lowest BCUT2D eigenvalue weighted by atomic mass is 9.97. The fourth-order valence-electron chi connectivity index (χ4n) is 2.49. The van der Waals surface area contributed by atoms with Crippen LogP contribution in [0.2, 0.25) is 0 Å². The Kier molecular flexibility index (Phi) is 5.48. The molecule has 2 rings (SSSR count). The van der Waals surface area contributed by atoms with E-state index in [2.05, 4.69) is 17.2 Å². The smallest absolute Gasteiger partial charge is 0.348 e. The molecule has 0 aliphatic carbocycles. The van der Waals surface area contributed by atoms with Gasteiger partial charge in [0.1, 0.15) is 0 Å². The van der Waals surface area contributed by atoms with Gasteiger partial charge in [0.2, 0.25) is 0 Å². The topological polar surface area (TPSA) is 28.2 Å². The molecule has 0 amide bonds. The van der Waals surface area contributed by atoms with E-state index >= 15 is 0 Å². The van der Waals surface area contributed by atoms with Gasteiger partial charge in [-0.25, -0.2) is 4.98 Å². The first kappa shape index (κ1) is 16.5. The third-order valence-corrected chi connectivity index (χ3v) is 5.04. The van der Waals surface area contributed by atoms with Gasteiger partial charge in [-0.3, -0.25) is 0 Å². The van der Waals surface area contributed by atoms with Crippen molar-refractivity contribution in [2.24, 2.45) is 5.92 Å². The molecule has 0 bridgehead atoms. The number of nitrogens with zero attached hydrogens (tertiary/aromatic N) is 2. The van der Waals surface area contributed by atoms with Crippen LogP contribution in [0.4, 0.5) is 18.3 Å². The number of halogens is 3. The molecule has 1 aliphatic heterocycles. The van der Waals surface area contributed by atoms with Crippen LogP contribution in [0.1, 0.15) is 36.8 Å². The second-order valence-corrected chi connectivity index (χ2v) is 6.55. The molecule has 1 N–H and O–H groups in total. The van der Waals surface area contributed by atoms with E-state index in [-0.39, 0.29) is 12.8 Å². The van der Waals surface area contributed by atoms with Gasteiger partial charge in [0.05, 0.1) is 11.6 Å². The maximum absolute atomic E-state index is 12.7. The SMILES string of the molecule is CCCNCc1sc(N2CCC(C(F)(F)F)CC2)nc1C. The van der Waals surface area contributed by atoms with Crippen molar-refractivity contribution in [1.82, 2.24) is 10.3 Å². The summed E-state index contributed by atoms with van der Waals surface area (Å²) in [6, 6.07) is 0. The predicted octanol–water partition coefficient (Wildman–Crippen LogP) is 3.73. The highest BCUT2D eigenvalue weighted by molar-refractivity contribution is 7.15. The van der Waals surface area contributed by atoms with E-state index in [1.807, 2.05) is 11.8 Å². The van der Waals surface area contributed by atoms with Crippen molar-refractivity contribution in [3.8, 4) is 0 Å². The molecule has 21 heavy (non-hydrogen) atoms. The van der Waals surface area contributed by atoms with Crippen molar-refractivity contribution in [3.05, 3.63) is 10.6 Å². The summed E-state index contributed by atoms with van der Waals surface area (Å²) in [4.78, 5) is 7.69. The monoisotopic (exact) mass is 321 g/mol. The summed E-state index contributed by atoms with van der Waals surface area (Å²) in [6.45, 7) is 6.71. The van der Waals surface area contributed by atoms with Gasteiger partial charge in [-0.15, -0.1) is 11.3 Å². The highest BCUT2D eigenvalue weighted by Gasteiger charge is 2.41. The second kappa shape index (κ2) is 6.96. The van der Waals surface area contributed by atoms with Crippen molar-refractivity contribution in [2.75, 3.05) is 24.5 Å². The average molecular weight is 321 g/mol. The number of hydrogen-bond acceptors (Lipinski definition) is 4. The second-order valence-electron chi connectivity index (χ2n) is 5.48. The third kappa shape index (κ3) is 4.32. The van der Waals surface area contributed by atoms with E-state index in [1.165, 1.54) is 4.88 Å². The molecule has 3 nitrogen and oxygen atoms in total. The average Bonchev–Trinajstić information content (AvgIpc) is 2.80. The van der Waals surface area contributed by atoms with Crippen molar-refractivity contribution >= 4 is 16.5 Å². The zero-order valence-corrected chi connectivity index (χ0v) is 13.3. The number of thiazole rings is 1. The molecule has 1 aliphatic rings. The van der Waals surface area contributed by atoms with Crippen LogP contribution in [0.25, 0.3) is 0 Å². The first-order valence-corrected chi connectivity index (χ1v) is 8.22. The molecule has 1 saturated heterocycles. The highest BCUT2D eigenvalue weighted by atomic mass is 32.1. The molecule has 0 aromatic carbocycles. The fourth-order valence-corrected chi connectivity index (χ4v) is 3.57. The van der Waals surface area contributed by atoms with Crippen molar-refractivity contribution in [3.63, 3.8) is 0 Å². The number of alkyl halides is 3. The predicted molar refractivity (Wildman–Crippen MR) is 79.8 cm³/mol. The zero-order chi connectivity index (χ0) is 15.5. The molecular weight excluding hydrogens is 299 g/mol. The van der Waals surface area contributed by atoms with E-state index in [1.54, 1.807) is 11.3 Å². The number of aryl methyl sites for hydroxylation is 1. The number of rotatable bonds is 5. The van der Waals surface area contributed by atoms with Crippen LogP contribution in [0.5, 0.6) is 0 Å². The molecule has 1 aromatic rings. The maximum atomic E-state index is 12.7. The lowest BCUT2D eigenvalue weighted by molar-refractivity contribution is -0.179. The van der Waals surface area contributed by atoms with E-state index in [0.29, 0.717) is 13.1 Å². The van der Waals surface area contributed by atoms with E-state index in [0.717, 1.165) is 30.3 Å². The van der Waals surface area contributed by atoms with Crippen molar-refractivity contribution in [2.45, 2.75) is 45.8 Å². The Morgan fingerprint density at radius 2 is 2.00 bits per heavy atom. The lowest BCUT2D eigenvalue weighted by Crippen LogP contribution is -2.38. The summed E-state index contributed by atoms with van der Waals surface area (Å²) in [5, 5.41) is 4.20. The minimum Gasteiger partial charge on any atom is -0.348 e. The molecule has 0 radical (unpaired) electrons. The van der Waals surface area contributed by atoms with E-state index in [9.17, 15) is 13.2 Å². The van der Waals surface area contributed by atoms with Crippen LogP contribution < -0.4 is 10.2 Å². The molecule has 120 valence electrons. The Bertz CT molecular complexity index is 451. The minimum atomic E-state index is -4.06. The maximum Gasteiger partial charge on any atom is 0.391 e. The third-order valence-electron chi connectivity index (χ3n) is 3.82. The van der Waals surface area contributed by atoms with Crippen LogP contribution in [0.3, 0.4) is 0 Å². The summed E-state index contributed by atoms with van der Waals surface area (Å²) >= 11 is 1.60. The molecule has 0 unspecified atom stereocenters. The largest absolute Gasteiger partial charge is 0.391 e. The summed E-state index contributed by atoms with van der Waals surface area (Å²) in [7, 11) is 0. The van der Waals surface area contributed by atoms with Crippen LogP contribution >= 0.6 is 11.3 Å². The normalized spacial score (nSPS) is 17.5. The molecule has 0 atom stereocenters. The van der Waals surface area contributed by atoms with Gasteiger partial charge in [0.15, 0.2) is 5.13 Å². The lowest BCUT2D eigenvalue weighted by Gasteiger charge is -2.32. The number of hydrogen-bond donors (Lipinski definition) is 1. The van der Waals surface area contributed by atoms with Crippen LogP contribution in [-0.2, 0) is 6.54 Å². The molecule has 1 fully saturated rings. The van der Waals surface area contributed by atoms with Crippen LogP contribution in [0, 0.1) is 12.8 Å². The number of anilines is 1. The summed E-state index contributed by atoms with van der Waals surface area (Å²) in [5.74, 6) is -1.15. The minimum absolute atomic E-state index is 0.172. The van der Waals surface area contributed by atoms with Gasteiger partial charge in [0.25, 0.3) is 0 Å². The first-order valence-electron chi connectivity index (χ1n) is 7.40. The Morgan fingerprint density at radius 3 is 2.57 bits per heavy atom. The Balaban J connectivity index is 1.93. The number of piperidine rings is 1. The Morgan fingerprint density at radius 1 is 1.33 bits per heavy atom. The number of aromatic nitrogens is 1. The van der Waals surface area contributed by atoms with E-state index in [4.69, 9.17) is 0 Å². The summed E-state index contributed by atoms with van der Waals surface area (Å²) in [5.41, 5.74) is 0.983. The van der Waals surface area contributed by atoms with Crippen molar-refractivity contribution < 1.29 is 13.2 Å². The molecule has 0 spiro atoms. The van der Waals surface area contributed by atoms with Crippen molar-refractivity contribution in [1.29, 1.82) is 0 Å². The van der Waals surface area contributed by atoms with Crippen LogP contribution in [0.15, 0.2) is 0 Å².